The van der Waals surface area contributed by atoms with Crippen LogP contribution in [0.25, 0.3) is 0 Å². The fourth-order valence-electron chi connectivity index (χ4n) is 1.87. The number of thioether (sulfide) groups is 1. The topological polar surface area (TPSA) is 21.3 Å². The highest BCUT2D eigenvalue weighted by Crippen LogP contribution is 2.30. The van der Waals surface area contributed by atoms with Gasteiger partial charge in [0.25, 0.3) is 0 Å². The average Bonchev–Trinajstić information content (AvgIpc) is 2.59. The monoisotopic (exact) mass is 207 g/mol. The molecule has 2 aliphatic rings. The van der Waals surface area contributed by atoms with E-state index in [1.165, 1.54) is 11.1 Å². The fraction of sp³-hybridized carbons (Fsp3) is 0.455. The van der Waals surface area contributed by atoms with Crippen molar-refractivity contribution >= 4 is 11.8 Å². The van der Waals surface area contributed by atoms with Crippen LogP contribution in [0.3, 0.4) is 0 Å². The molecule has 74 valence electrons. The highest BCUT2D eigenvalue weighted by Gasteiger charge is 2.22. The van der Waals surface area contributed by atoms with Crippen LogP contribution in [-0.2, 0) is 13.1 Å². The number of hydrogen-bond acceptors (Lipinski definition) is 3. The molecule has 3 heteroatoms. The summed E-state index contributed by atoms with van der Waals surface area (Å²) in [7, 11) is 0. The van der Waals surface area contributed by atoms with Crippen molar-refractivity contribution < 1.29 is 4.74 Å². The number of benzene rings is 1. The number of fused-ring (bicyclic) bond motifs is 1. The zero-order valence-corrected chi connectivity index (χ0v) is 8.77. The smallest absolute Gasteiger partial charge is 0.124 e. The Morgan fingerprint density at radius 2 is 2.21 bits per heavy atom. The molecular weight excluding hydrogens is 194 g/mol. The normalized spacial score (nSPS) is 20.3. The molecule has 1 aromatic rings. The number of ether oxygens (including phenoxy) is 1. The molecule has 0 atom stereocenters. The van der Waals surface area contributed by atoms with Gasteiger partial charge in [0, 0.05) is 30.2 Å². The predicted octanol–water partition coefficient (Wildman–Crippen LogP) is 1.78. The van der Waals surface area contributed by atoms with E-state index in [2.05, 4.69) is 23.5 Å². The Kier molecular flexibility index (Phi) is 2.14. The van der Waals surface area contributed by atoms with Gasteiger partial charge in [-0.15, -0.1) is 0 Å². The van der Waals surface area contributed by atoms with Gasteiger partial charge in [0.1, 0.15) is 11.9 Å². The van der Waals surface area contributed by atoms with Crippen LogP contribution in [0.1, 0.15) is 11.1 Å². The van der Waals surface area contributed by atoms with Gasteiger partial charge in [0.2, 0.25) is 0 Å². The van der Waals surface area contributed by atoms with E-state index >= 15 is 0 Å². The van der Waals surface area contributed by atoms with Gasteiger partial charge in [-0.25, -0.2) is 0 Å². The highest BCUT2D eigenvalue weighted by molar-refractivity contribution is 8.00. The summed E-state index contributed by atoms with van der Waals surface area (Å²) in [5.74, 6) is 3.39. The maximum Gasteiger partial charge on any atom is 0.124 e. The van der Waals surface area contributed by atoms with E-state index in [9.17, 15) is 0 Å². The zero-order chi connectivity index (χ0) is 9.38. The second-order valence-corrected chi connectivity index (χ2v) is 4.85. The molecule has 2 aliphatic heterocycles. The third-order valence-electron chi connectivity index (χ3n) is 2.75. The van der Waals surface area contributed by atoms with E-state index in [-0.39, 0.29) is 0 Å². The van der Waals surface area contributed by atoms with Crippen molar-refractivity contribution in [1.29, 1.82) is 0 Å². The van der Waals surface area contributed by atoms with Crippen LogP contribution >= 0.6 is 11.8 Å². The van der Waals surface area contributed by atoms with Crippen molar-refractivity contribution in [1.82, 2.24) is 5.32 Å². The molecule has 0 aliphatic carbocycles. The summed E-state index contributed by atoms with van der Waals surface area (Å²) < 4.78 is 5.93. The van der Waals surface area contributed by atoms with Gasteiger partial charge < -0.3 is 10.1 Å². The Labute approximate surface area is 88.0 Å². The Morgan fingerprint density at radius 3 is 3.00 bits per heavy atom. The van der Waals surface area contributed by atoms with Crippen LogP contribution in [-0.4, -0.2) is 17.6 Å². The molecule has 0 aromatic heterocycles. The third-order valence-corrected chi connectivity index (χ3v) is 3.96. The minimum absolute atomic E-state index is 0.451. The summed E-state index contributed by atoms with van der Waals surface area (Å²) in [4.78, 5) is 0. The van der Waals surface area contributed by atoms with Gasteiger partial charge in [-0.3, -0.25) is 0 Å². The highest BCUT2D eigenvalue weighted by atomic mass is 32.2. The third kappa shape index (κ3) is 1.41. The lowest BCUT2D eigenvalue weighted by molar-refractivity contribution is 0.238. The summed E-state index contributed by atoms with van der Waals surface area (Å²) in [5, 5.41) is 3.35. The molecule has 1 N–H and O–H groups in total. The van der Waals surface area contributed by atoms with E-state index in [4.69, 9.17) is 4.74 Å². The van der Waals surface area contributed by atoms with Gasteiger partial charge in [-0.1, -0.05) is 12.1 Å². The van der Waals surface area contributed by atoms with E-state index in [1.54, 1.807) is 0 Å². The molecule has 1 fully saturated rings. The number of hydrogen-bond donors (Lipinski definition) is 1. The molecule has 1 aromatic carbocycles. The lowest BCUT2D eigenvalue weighted by atomic mass is 10.1. The Morgan fingerprint density at radius 1 is 1.29 bits per heavy atom. The minimum Gasteiger partial charge on any atom is -0.488 e. The first-order valence-corrected chi connectivity index (χ1v) is 6.15. The SMILES string of the molecule is c1cc2c(c(OC3CSC3)c1)CNC2. The lowest BCUT2D eigenvalue weighted by Crippen LogP contribution is -2.31. The fourth-order valence-corrected chi connectivity index (χ4v) is 2.44. The standard InChI is InChI=1S/C11H13NOS/c1-2-8-4-12-5-10(8)11(3-1)13-9-6-14-7-9/h1-3,9,12H,4-7H2. The molecule has 0 bridgehead atoms. The first-order valence-electron chi connectivity index (χ1n) is 4.99. The Bertz CT molecular complexity index is 349. The largest absolute Gasteiger partial charge is 0.488 e. The van der Waals surface area contributed by atoms with E-state index in [0.29, 0.717) is 6.10 Å². The molecular formula is C11H13NOS. The Balaban J connectivity index is 1.85. The molecule has 0 unspecified atom stereocenters. The predicted molar refractivity (Wildman–Crippen MR) is 58.7 cm³/mol. The van der Waals surface area contributed by atoms with Gasteiger partial charge in [-0.2, -0.15) is 11.8 Å². The summed E-state index contributed by atoms with van der Waals surface area (Å²) in [6, 6.07) is 6.36. The quantitative estimate of drug-likeness (QED) is 0.799. The molecule has 0 radical (unpaired) electrons. The van der Waals surface area contributed by atoms with E-state index in [0.717, 1.165) is 30.3 Å². The van der Waals surface area contributed by atoms with Gasteiger partial charge in [0.05, 0.1) is 0 Å². The molecule has 2 heterocycles. The van der Waals surface area contributed by atoms with Crippen molar-refractivity contribution in [3.8, 4) is 5.75 Å². The number of rotatable bonds is 2. The summed E-state index contributed by atoms with van der Waals surface area (Å²) in [6.07, 6.45) is 0.451. The zero-order valence-electron chi connectivity index (χ0n) is 7.95. The van der Waals surface area contributed by atoms with Gasteiger partial charge >= 0.3 is 0 Å². The van der Waals surface area contributed by atoms with Crippen LogP contribution in [0.5, 0.6) is 5.75 Å². The maximum atomic E-state index is 5.93. The lowest BCUT2D eigenvalue weighted by Gasteiger charge is -2.26. The van der Waals surface area contributed by atoms with E-state index in [1.807, 2.05) is 11.8 Å². The van der Waals surface area contributed by atoms with Crippen molar-refractivity contribution in [3.63, 3.8) is 0 Å². The van der Waals surface area contributed by atoms with E-state index < -0.39 is 0 Å². The van der Waals surface area contributed by atoms with Crippen molar-refractivity contribution in [3.05, 3.63) is 29.3 Å². The van der Waals surface area contributed by atoms with Crippen LogP contribution in [0, 0.1) is 0 Å². The second-order valence-electron chi connectivity index (χ2n) is 3.77. The number of nitrogens with one attached hydrogen (secondary N) is 1. The summed E-state index contributed by atoms with van der Waals surface area (Å²) in [6.45, 7) is 1.96. The van der Waals surface area contributed by atoms with Crippen LogP contribution < -0.4 is 10.1 Å². The van der Waals surface area contributed by atoms with Gasteiger partial charge in [-0.05, 0) is 11.6 Å². The first kappa shape index (κ1) is 8.62. The molecule has 0 amide bonds. The van der Waals surface area contributed by atoms with Crippen molar-refractivity contribution in [2.24, 2.45) is 0 Å². The van der Waals surface area contributed by atoms with Gasteiger partial charge in [0.15, 0.2) is 0 Å². The summed E-state index contributed by atoms with van der Waals surface area (Å²) >= 11 is 1.96. The second kappa shape index (κ2) is 3.48. The molecule has 14 heavy (non-hydrogen) atoms. The van der Waals surface area contributed by atoms with Crippen LogP contribution in [0.4, 0.5) is 0 Å². The molecule has 1 saturated heterocycles. The maximum absolute atomic E-state index is 5.93. The minimum atomic E-state index is 0.451. The van der Waals surface area contributed by atoms with Crippen molar-refractivity contribution in [2.75, 3.05) is 11.5 Å². The van der Waals surface area contributed by atoms with Crippen molar-refractivity contribution in [2.45, 2.75) is 19.2 Å². The molecule has 0 saturated carbocycles. The van der Waals surface area contributed by atoms with Crippen LogP contribution in [0.2, 0.25) is 0 Å². The molecule has 0 spiro atoms. The summed E-state index contributed by atoms with van der Waals surface area (Å²) in [5.41, 5.74) is 2.76. The molecule has 2 nitrogen and oxygen atoms in total. The first-order chi connectivity index (χ1) is 6.93. The average molecular weight is 207 g/mol. The Hall–Kier alpha value is -0.670. The molecule has 3 rings (SSSR count). The van der Waals surface area contributed by atoms with Crippen LogP contribution in [0.15, 0.2) is 18.2 Å².